The van der Waals surface area contributed by atoms with Gasteiger partial charge in [-0.3, -0.25) is 4.79 Å². The maximum atomic E-state index is 12.6. The first-order valence-electron chi connectivity index (χ1n) is 9.02. The second kappa shape index (κ2) is 7.34. The first-order valence-corrected chi connectivity index (χ1v) is 9.02. The number of benzene rings is 2. The van der Waals surface area contributed by atoms with Crippen molar-refractivity contribution in [3.05, 3.63) is 53.9 Å². The lowest BCUT2D eigenvalue weighted by molar-refractivity contribution is -0.117. The summed E-state index contributed by atoms with van der Waals surface area (Å²) in [5.74, 6) is 2.07. The Hall–Kier alpha value is -3.35. The van der Waals surface area contributed by atoms with Gasteiger partial charge in [-0.05, 0) is 19.1 Å². The van der Waals surface area contributed by atoms with Crippen LogP contribution in [0.3, 0.4) is 0 Å². The zero-order valence-corrected chi connectivity index (χ0v) is 16.0. The van der Waals surface area contributed by atoms with Crippen molar-refractivity contribution in [3.8, 4) is 22.9 Å². The number of amides is 1. The highest BCUT2D eigenvalue weighted by atomic mass is 16.5. The zero-order valence-electron chi connectivity index (χ0n) is 16.0. The molecule has 1 aliphatic heterocycles. The van der Waals surface area contributed by atoms with Crippen molar-refractivity contribution in [2.75, 3.05) is 25.7 Å². The van der Waals surface area contributed by atoms with Crippen LogP contribution in [-0.2, 0) is 4.79 Å². The van der Waals surface area contributed by atoms with Crippen molar-refractivity contribution in [3.63, 3.8) is 0 Å². The molecule has 4 rings (SSSR count). The third kappa shape index (κ3) is 3.31. The van der Waals surface area contributed by atoms with Crippen LogP contribution in [0.25, 0.3) is 11.4 Å². The number of methoxy groups -OCH3 is 2. The van der Waals surface area contributed by atoms with Gasteiger partial charge in [0, 0.05) is 30.3 Å². The number of nitrogens with zero attached hydrogens (tertiary/aromatic N) is 3. The number of rotatable bonds is 5. The van der Waals surface area contributed by atoms with Gasteiger partial charge in [0.05, 0.1) is 20.1 Å². The molecule has 0 saturated carbocycles. The van der Waals surface area contributed by atoms with Crippen LogP contribution >= 0.6 is 0 Å². The minimum atomic E-state index is -0.146. The molecular formula is C21H21N3O4. The number of hydrogen-bond donors (Lipinski definition) is 0. The molecule has 0 spiro atoms. The quantitative estimate of drug-likeness (QED) is 0.674. The molecule has 0 N–H and O–H groups in total. The van der Waals surface area contributed by atoms with Gasteiger partial charge in [0.25, 0.3) is 0 Å². The molecule has 144 valence electrons. The highest BCUT2D eigenvalue weighted by molar-refractivity contribution is 5.96. The van der Waals surface area contributed by atoms with E-state index in [0.717, 1.165) is 11.3 Å². The topological polar surface area (TPSA) is 77.7 Å². The Kier molecular flexibility index (Phi) is 4.73. The van der Waals surface area contributed by atoms with E-state index in [1.54, 1.807) is 31.3 Å². The van der Waals surface area contributed by atoms with Gasteiger partial charge in [-0.15, -0.1) is 0 Å². The molecule has 3 aromatic rings. The third-order valence-electron chi connectivity index (χ3n) is 4.90. The molecule has 0 bridgehead atoms. The molecule has 1 aliphatic rings. The highest BCUT2D eigenvalue weighted by Crippen LogP contribution is 2.36. The SMILES string of the molecule is COc1ccc(N2CC(c3nc(-c4ccc(C)cc4)no3)CC2=O)cc1OC. The molecule has 7 heteroatoms. The number of ether oxygens (including phenoxy) is 2. The predicted molar refractivity (Wildman–Crippen MR) is 104 cm³/mol. The number of carbonyl (C=O) groups excluding carboxylic acids is 1. The first kappa shape index (κ1) is 18.0. The summed E-state index contributed by atoms with van der Waals surface area (Å²) in [5.41, 5.74) is 2.81. The fourth-order valence-corrected chi connectivity index (χ4v) is 3.34. The highest BCUT2D eigenvalue weighted by Gasteiger charge is 2.35. The standard InChI is InChI=1S/C21H21N3O4/c1-13-4-6-14(7-5-13)20-22-21(28-23-20)15-10-19(25)24(12-15)16-8-9-17(26-2)18(11-16)27-3/h4-9,11,15H,10,12H2,1-3H3. The van der Waals surface area contributed by atoms with E-state index in [1.165, 1.54) is 5.56 Å². The van der Waals surface area contributed by atoms with Crippen LogP contribution in [0.5, 0.6) is 11.5 Å². The van der Waals surface area contributed by atoms with Gasteiger partial charge >= 0.3 is 0 Å². The lowest BCUT2D eigenvalue weighted by Crippen LogP contribution is -2.24. The summed E-state index contributed by atoms with van der Waals surface area (Å²) in [6.45, 7) is 2.50. The van der Waals surface area contributed by atoms with E-state index in [9.17, 15) is 4.79 Å². The molecule has 7 nitrogen and oxygen atoms in total. The molecule has 1 aromatic heterocycles. The van der Waals surface area contributed by atoms with Crippen molar-refractivity contribution < 1.29 is 18.8 Å². The molecule has 2 heterocycles. The largest absolute Gasteiger partial charge is 0.493 e. The third-order valence-corrected chi connectivity index (χ3v) is 4.90. The van der Waals surface area contributed by atoms with E-state index in [4.69, 9.17) is 14.0 Å². The van der Waals surface area contributed by atoms with Crippen LogP contribution in [0, 0.1) is 6.92 Å². The van der Waals surface area contributed by atoms with Crippen LogP contribution in [-0.4, -0.2) is 36.8 Å². The Labute approximate surface area is 162 Å². The molecule has 1 saturated heterocycles. The molecular weight excluding hydrogens is 358 g/mol. The maximum Gasteiger partial charge on any atom is 0.232 e. The fraction of sp³-hybridized carbons (Fsp3) is 0.286. The fourth-order valence-electron chi connectivity index (χ4n) is 3.34. The molecule has 0 aliphatic carbocycles. The Morgan fingerprint density at radius 3 is 2.54 bits per heavy atom. The Morgan fingerprint density at radius 1 is 1.07 bits per heavy atom. The van der Waals surface area contributed by atoms with E-state index >= 15 is 0 Å². The van der Waals surface area contributed by atoms with Gasteiger partial charge in [0.15, 0.2) is 11.5 Å². The minimum absolute atomic E-state index is 0.00676. The number of carbonyl (C=O) groups is 1. The van der Waals surface area contributed by atoms with Crippen molar-refractivity contribution in [2.45, 2.75) is 19.3 Å². The molecule has 1 unspecified atom stereocenters. The Balaban J connectivity index is 1.55. The van der Waals surface area contributed by atoms with Crippen LogP contribution in [0.4, 0.5) is 5.69 Å². The average molecular weight is 379 g/mol. The molecule has 28 heavy (non-hydrogen) atoms. The smallest absolute Gasteiger partial charge is 0.232 e. The van der Waals surface area contributed by atoms with E-state index in [-0.39, 0.29) is 11.8 Å². The number of anilines is 1. The lowest BCUT2D eigenvalue weighted by Gasteiger charge is -2.18. The van der Waals surface area contributed by atoms with Crippen molar-refractivity contribution >= 4 is 11.6 Å². The summed E-state index contributed by atoms with van der Waals surface area (Å²) in [6.07, 6.45) is 0.323. The first-order chi connectivity index (χ1) is 13.6. The van der Waals surface area contributed by atoms with E-state index in [1.807, 2.05) is 37.3 Å². The molecule has 1 atom stereocenters. The van der Waals surface area contributed by atoms with Gasteiger partial charge in [0.2, 0.25) is 17.6 Å². The monoisotopic (exact) mass is 379 g/mol. The van der Waals surface area contributed by atoms with Crippen LogP contribution in [0.1, 0.15) is 23.8 Å². The normalized spacial score (nSPS) is 16.5. The Morgan fingerprint density at radius 2 is 1.82 bits per heavy atom. The van der Waals surface area contributed by atoms with Crippen LogP contribution in [0.15, 0.2) is 47.0 Å². The summed E-state index contributed by atoms with van der Waals surface area (Å²) in [6, 6.07) is 13.3. The Bertz CT molecular complexity index is 997. The summed E-state index contributed by atoms with van der Waals surface area (Å²) < 4.78 is 16.1. The second-order valence-corrected chi connectivity index (χ2v) is 6.77. The lowest BCUT2D eigenvalue weighted by atomic mass is 10.1. The van der Waals surface area contributed by atoms with Crippen molar-refractivity contribution in [1.29, 1.82) is 0 Å². The van der Waals surface area contributed by atoms with E-state index < -0.39 is 0 Å². The van der Waals surface area contributed by atoms with Gasteiger partial charge in [-0.2, -0.15) is 4.98 Å². The summed E-state index contributed by atoms with van der Waals surface area (Å²) >= 11 is 0. The van der Waals surface area contributed by atoms with Crippen LogP contribution < -0.4 is 14.4 Å². The average Bonchev–Trinajstić information content (AvgIpc) is 3.35. The zero-order chi connectivity index (χ0) is 19.7. The molecule has 0 radical (unpaired) electrons. The number of hydrogen-bond acceptors (Lipinski definition) is 6. The summed E-state index contributed by atoms with van der Waals surface area (Å²) in [7, 11) is 3.15. The molecule has 1 fully saturated rings. The number of aromatic nitrogens is 2. The van der Waals surface area contributed by atoms with Crippen molar-refractivity contribution in [2.24, 2.45) is 0 Å². The molecule has 1 amide bonds. The summed E-state index contributed by atoms with van der Waals surface area (Å²) in [5, 5.41) is 4.08. The second-order valence-electron chi connectivity index (χ2n) is 6.77. The molecule has 2 aromatic carbocycles. The summed E-state index contributed by atoms with van der Waals surface area (Å²) in [4.78, 5) is 18.8. The van der Waals surface area contributed by atoms with Gasteiger partial charge < -0.3 is 18.9 Å². The predicted octanol–water partition coefficient (Wildman–Crippen LogP) is 3.58. The van der Waals surface area contributed by atoms with Crippen molar-refractivity contribution in [1.82, 2.24) is 10.1 Å². The van der Waals surface area contributed by atoms with Crippen LogP contribution in [0.2, 0.25) is 0 Å². The van der Waals surface area contributed by atoms with E-state index in [2.05, 4.69) is 10.1 Å². The van der Waals surface area contributed by atoms with Gasteiger partial charge in [-0.1, -0.05) is 35.0 Å². The minimum Gasteiger partial charge on any atom is -0.493 e. The van der Waals surface area contributed by atoms with Gasteiger partial charge in [-0.25, -0.2) is 0 Å². The number of aryl methyl sites for hydroxylation is 1. The van der Waals surface area contributed by atoms with Gasteiger partial charge in [0.1, 0.15) is 0 Å². The van der Waals surface area contributed by atoms with E-state index in [0.29, 0.717) is 36.2 Å². The maximum absolute atomic E-state index is 12.6.